The molecule has 0 amide bonds. The van der Waals surface area contributed by atoms with Gasteiger partial charge in [-0.3, -0.25) is 4.98 Å². The zero-order valence-corrected chi connectivity index (χ0v) is 15.0. The first-order valence-corrected chi connectivity index (χ1v) is 8.99. The predicted molar refractivity (Wildman–Crippen MR) is 99.0 cm³/mol. The highest BCUT2D eigenvalue weighted by Crippen LogP contribution is 2.29. The average Bonchev–Trinajstić information content (AvgIpc) is 3.11. The number of pyridine rings is 1. The number of rotatable bonds is 4. The van der Waals surface area contributed by atoms with Crippen molar-refractivity contribution in [1.82, 2.24) is 15.2 Å². The molecule has 7 heteroatoms. The zero-order chi connectivity index (χ0) is 18.1. The highest BCUT2D eigenvalue weighted by Gasteiger charge is 2.12. The van der Waals surface area contributed by atoms with Gasteiger partial charge in [0.05, 0.1) is 0 Å². The van der Waals surface area contributed by atoms with Crippen molar-refractivity contribution in [1.29, 1.82) is 0 Å². The van der Waals surface area contributed by atoms with Gasteiger partial charge in [-0.2, -0.15) is 0 Å². The number of benzene rings is 1. The Labute approximate surface area is 153 Å². The predicted octanol–water partition coefficient (Wildman–Crippen LogP) is 4.15. The summed E-state index contributed by atoms with van der Waals surface area (Å²) < 4.78 is 11.0. The summed E-state index contributed by atoms with van der Waals surface area (Å²) in [4.78, 5) is 15.8. The first-order chi connectivity index (χ1) is 12.6. The fourth-order valence-corrected chi connectivity index (χ4v) is 3.38. The summed E-state index contributed by atoms with van der Waals surface area (Å²) in [5.74, 6) is 0.974. The van der Waals surface area contributed by atoms with Crippen molar-refractivity contribution in [3.63, 3.8) is 0 Å². The number of hydrogen-bond donors (Lipinski definition) is 0. The molecular weight excluding hydrogens is 350 g/mol. The summed E-state index contributed by atoms with van der Waals surface area (Å²) in [6, 6.07) is 9.07. The summed E-state index contributed by atoms with van der Waals surface area (Å²) in [7, 11) is 0. The lowest BCUT2D eigenvalue weighted by Crippen LogP contribution is -2.00. The fourth-order valence-electron chi connectivity index (χ4n) is 2.62. The Kier molecular flexibility index (Phi) is 4.30. The molecule has 4 aromatic rings. The lowest BCUT2D eigenvalue weighted by atomic mass is 10.0. The van der Waals surface area contributed by atoms with E-state index >= 15 is 0 Å². The molecule has 0 saturated carbocycles. The molecule has 0 aliphatic heterocycles. The molecule has 0 aliphatic carbocycles. The molecule has 0 unspecified atom stereocenters. The second-order valence-corrected chi connectivity index (χ2v) is 6.85. The third-order valence-corrected chi connectivity index (χ3v) is 5.00. The van der Waals surface area contributed by atoms with E-state index in [-0.39, 0.29) is 5.63 Å². The molecule has 0 radical (unpaired) electrons. The Balaban J connectivity index is 1.61. The molecule has 0 N–H and O–H groups in total. The Bertz CT molecular complexity index is 1140. The van der Waals surface area contributed by atoms with E-state index in [4.69, 9.17) is 8.83 Å². The molecule has 3 aromatic heterocycles. The third kappa shape index (κ3) is 3.25. The molecule has 0 spiro atoms. The zero-order valence-electron chi connectivity index (χ0n) is 14.2. The molecule has 0 saturated heterocycles. The van der Waals surface area contributed by atoms with Crippen molar-refractivity contribution in [3.8, 4) is 11.5 Å². The van der Waals surface area contributed by atoms with Gasteiger partial charge >= 0.3 is 5.63 Å². The van der Waals surface area contributed by atoms with E-state index in [1.165, 1.54) is 17.8 Å². The molecular formula is C19H15N3O3S. The first-order valence-electron chi connectivity index (χ1n) is 8.01. The Hall–Kier alpha value is -2.93. The highest BCUT2D eigenvalue weighted by atomic mass is 32.2. The summed E-state index contributed by atoms with van der Waals surface area (Å²) in [5, 5.41) is 9.50. The van der Waals surface area contributed by atoms with E-state index in [1.54, 1.807) is 12.4 Å². The molecule has 6 nitrogen and oxygen atoms in total. The van der Waals surface area contributed by atoms with Gasteiger partial charge in [0.2, 0.25) is 5.89 Å². The van der Waals surface area contributed by atoms with Crippen LogP contribution in [0.25, 0.3) is 22.4 Å². The van der Waals surface area contributed by atoms with Crippen LogP contribution in [0.5, 0.6) is 0 Å². The van der Waals surface area contributed by atoms with E-state index in [9.17, 15) is 4.79 Å². The lowest BCUT2D eigenvalue weighted by Gasteiger charge is -2.07. The SMILES string of the molecule is Cc1cc2oc(=O)cc(CSc3nnc(-c4ccncc4)o3)c2cc1C. The van der Waals surface area contributed by atoms with E-state index in [2.05, 4.69) is 15.2 Å². The minimum Gasteiger partial charge on any atom is -0.423 e. The van der Waals surface area contributed by atoms with Gasteiger partial charge in [-0.1, -0.05) is 11.8 Å². The maximum absolute atomic E-state index is 11.9. The number of nitrogens with zero attached hydrogens (tertiary/aromatic N) is 3. The van der Waals surface area contributed by atoms with Gasteiger partial charge in [0.1, 0.15) is 5.58 Å². The first kappa shape index (κ1) is 16.5. The van der Waals surface area contributed by atoms with Crippen LogP contribution in [0.15, 0.2) is 61.6 Å². The minimum absolute atomic E-state index is 0.362. The summed E-state index contributed by atoms with van der Waals surface area (Å²) in [5.41, 5.74) is 4.17. The highest BCUT2D eigenvalue weighted by molar-refractivity contribution is 7.98. The number of aromatic nitrogens is 3. The van der Waals surface area contributed by atoms with Crippen molar-refractivity contribution in [3.05, 3.63) is 69.8 Å². The molecule has 0 fully saturated rings. The standard InChI is InChI=1S/C19H15N3O3S/c1-11-7-15-14(9-17(23)24-16(15)8-12(11)2)10-26-19-22-21-18(25-19)13-3-5-20-6-4-13/h3-9H,10H2,1-2H3. The average molecular weight is 365 g/mol. The largest absolute Gasteiger partial charge is 0.423 e. The van der Waals surface area contributed by atoms with Crippen LogP contribution in [-0.2, 0) is 5.75 Å². The van der Waals surface area contributed by atoms with E-state index in [1.807, 2.05) is 38.1 Å². The van der Waals surface area contributed by atoms with E-state index in [0.717, 1.165) is 27.6 Å². The van der Waals surface area contributed by atoms with Crippen LogP contribution in [0.2, 0.25) is 0 Å². The number of hydrogen-bond acceptors (Lipinski definition) is 7. The van der Waals surface area contributed by atoms with Gasteiger partial charge in [-0.05, 0) is 54.8 Å². The maximum Gasteiger partial charge on any atom is 0.336 e. The van der Waals surface area contributed by atoms with Crippen LogP contribution in [-0.4, -0.2) is 15.2 Å². The van der Waals surface area contributed by atoms with Gasteiger partial charge in [0.15, 0.2) is 0 Å². The molecule has 26 heavy (non-hydrogen) atoms. The van der Waals surface area contributed by atoms with Crippen LogP contribution < -0.4 is 5.63 Å². The molecule has 0 bridgehead atoms. The van der Waals surface area contributed by atoms with Gasteiger partial charge < -0.3 is 8.83 Å². The van der Waals surface area contributed by atoms with Crippen molar-refractivity contribution in [2.45, 2.75) is 24.8 Å². The van der Waals surface area contributed by atoms with Crippen molar-refractivity contribution in [2.75, 3.05) is 0 Å². The number of aryl methyl sites for hydroxylation is 2. The van der Waals surface area contributed by atoms with Crippen LogP contribution >= 0.6 is 11.8 Å². The second kappa shape index (κ2) is 6.76. The molecule has 0 atom stereocenters. The van der Waals surface area contributed by atoms with E-state index in [0.29, 0.717) is 22.4 Å². The fraction of sp³-hybridized carbons (Fsp3) is 0.158. The summed E-state index contributed by atoms with van der Waals surface area (Å²) in [6.45, 7) is 4.03. The molecule has 3 heterocycles. The monoisotopic (exact) mass is 365 g/mol. The van der Waals surface area contributed by atoms with Gasteiger partial charge in [0, 0.05) is 35.2 Å². The lowest BCUT2D eigenvalue weighted by molar-refractivity contribution is 0.466. The van der Waals surface area contributed by atoms with Crippen molar-refractivity contribution in [2.24, 2.45) is 0 Å². The number of fused-ring (bicyclic) bond motifs is 1. The summed E-state index contributed by atoms with van der Waals surface area (Å²) in [6.07, 6.45) is 3.35. The van der Waals surface area contributed by atoms with Gasteiger partial charge in [-0.25, -0.2) is 4.79 Å². The second-order valence-electron chi connectivity index (χ2n) is 5.92. The van der Waals surface area contributed by atoms with Crippen molar-refractivity contribution < 1.29 is 8.83 Å². The Morgan fingerprint density at radius 1 is 1.00 bits per heavy atom. The normalized spacial score (nSPS) is 11.2. The Morgan fingerprint density at radius 3 is 2.58 bits per heavy atom. The van der Waals surface area contributed by atoms with Crippen LogP contribution in [0.3, 0.4) is 0 Å². The molecule has 1 aromatic carbocycles. The molecule has 130 valence electrons. The molecule has 0 aliphatic rings. The topological polar surface area (TPSA) is 82.0 Å². The maximum atomic E-state index is 11.9. The van der Waals surface area contributed by atoms with Crippen LogP contribution in [0.4, 0.5) is 0 Å². The van der Waals surface area contributed by atoms with Gasteiger partial charge in [-0.15, -0.1) is 10.2 Å². The number of thioether (sulfide) groups is 1. The third-order valence-electron chi connectivity index (χ3n) is 4.13. The van der Waals surface area contributed by atoms with Crippen LogP contribution in [0.1, 0.15) is 16.7 Å². The minimum atomic E-state index is -0.362. The van der Waals surface area contributed by atoms with E-state index < -0.39 is 0 Å². The quantitative estimate of drug-likeness (QED) is 0.397. The molecule has 4 rings (SSSR count). The van der Waals surface area contributed by atoms with Gasteiger partial charge in [0.25, 0.3) is 5.22 Å². The van der Waals surface area contributed by atoms with Crippen LogP contribution in [0, 0.1) is 13.8 Å². The Morgan fingerprint density at radius 2 is 1.77 bits per heavy atom. The smallest absolute Gasteiger partial charge is 0.336 e. The van der Waals surface area contributed by atoms with Crippen molar-refractivity contribution >= 4 is 22.7 Å². The summed E-state index contributed by atoms with van der Waals surface area (Å²) >= 11 is 1.39.